The molecule has 0 amide bonds. The molecule has 0 atom stereocenters. The number of para-hydroxylation sites is 4. The molecule has 0 aliphatic carbocycles. The molecular formula is C76H64Cl4CuN12O4S4. The fourth-order valence-corrected chi connectivity index (χ4v) is 18.5. The first kappa shape index (κ1) is 68.1. The number of hydrogen-bond donors (Lipinski definition) is 4. The molecule has 1 radical (unpaired) electrons. The van der Waals surface area contributed by atoms with E-state index in [0.29, 0.717) is 160 Å². The van der Waals surface area contributed by atoms with Crippen LogP contribution in [0.3, 0.4) is 0 Å². The molecule has 25 heteroatoms. The number of rotatable bonds is 16. The molecule has 6 aliphatic rings. The molecule has 101 heavy (non-hydrogen) atoms. The van der Waals surface area contributed by atoms with Crippen molar-refractivity contribution in [3.8, 4) is 68.5 Å². The predicted molar refractivity (Wildman–Crippen MR) is 409 cm³/mol. The molecule has 8 aromatic carbocycles. The molecule has 0 saturated carbocycles. The fraction of sp³-hybridized carbons (Fsp3) is 0.263. The van der Waals surface area contributed by atoms with Gasteiger partial charge in [-0.2, -0.15) is 0 Å². The van der Waals surface area contributed by atoms with E-state index in [0.717, 1.165) is 87.6 Å². The van der Waals surface area contributed by atoms with E-state index in [1.54, 1.807) is 0 Å². The second-order valence-electron chi connectivity index (χ2n) is 26.9. The first-order valence-corrected chi connectivity index (χ1v) is 38.3. The zero-order chi connectivity index (χ0) is 68.5. The smallest absolute Gasteiger partial charge is 0.491 e. The number of benzene rings is 8. The Bertz CT molecular complexity index is 5150. The van der Waals surface area contributed by atoms with E-state index in [1.807, 2.05) is 72.8 Å². The molecule has 515 valence electrons. The van der Waals surface area contributed by atoms with Gasteiger partial charge in [0.2, 0.25) is 0 Å². The zero-order valence-corrected chi connectivity index (χ0v) is 63.1. The van der Waals surface area contributed by atoms with E-state index in [4.69, 9.17) is 105 Å². The van der Waals surface area contributed by atoms with E-state index in [1.165, 1.54) is 47.0 Å². The van der Waals surface area contributed by atoms with Crippen LogP contribution in [0.1, 0.15) is 81.1 Å². The van der Waals surface area contributed by atoms with Crippen LogP contribution >= 0.6 is 93.5 Å². The minimum absolute atomic E-state index is 0. The third kappa shape index (κ3) is 11.9. The summed E-state index contributed by atoms with van der Waals surface area (Å²) in [6, 6.07) is 32.5. The van der Waals surface area contributed by atoms with E-state index in [9.17, 15) is 0 Å². The van der Waals surface area contributed by atoms with Crippen molar-refractivity contribution >= 4 is 183 Å². The van der Waals surface area contributed by atoms with Crippen molar-refractivity contribution in [2.75, 3.05) is 47.7 Å². The number of anilines is 8. The monoisotopic (exact) mass is 1540 g/mol. The van der Waals surface area contributed by atoms with Crippen LogP contribution in [0.15, 0.2) is 136 Å². The summed E-state index contributed by atoms with van der Waals surface area (Å²) in [6.45, 7) is 18.6. The summed E-state index contributed by atoms with van der Waals surface area (Å²) in [5.74, 6) is 3.62. The molecular weight excluding hydrogens is 1480 g/mol. The summed E-state index contributed by atoms with van der Waals surface area (Å²) in [5.41, 5.74) is 9.09. The maximum absolute atomic E-state index is 7.90. The molecule has 0 spiro atoms. The van der Waals surface area contributed by atoms with Crippen LogP contribution in [-0.2, 0) is 17.1 Å². The fourth-order valence-electron chi connectivity index (χ4n) is 12.9. The summed E-state index contributed by atoms with van der Waals surface area (Å²) < 4.78 is 28.3. The summed E-state index contributed by atoms with van der Waals surface area (Å²) in [6.07, 6.45) is 2.90. The summed E-state index contributed by atoms with van der Waals surface area (Å²) >= 11 is 37.7. The maximum Gasteiger partial charge on any atom is 2.00 e. The molecule has 0 unspecified atom stereocenters. The minimum Gasteiger partial charge on any atom is -0.491 e. The van der Waals surface area contributed by atoms with E-state index in [2.05, 4.69) is 101 Å². The maximum atomic E-state index is 7.90. The Kier molecular flexibility index (Phi) is 18.4. The average molecular weight is 1540 g/mol. The number of halogens is 4. The standard InChI is InChI=1S/C76H64Cl4N12O4S4.Cu/c1-33(2)25-29-93-61-49-45(57-65(53(61)77)97-41-21-13-9-17-37(41)81-57)69-85-73(49)89-70-46-50(62(94-30-26-34(3)4)54(78)66-58(46)82-38-18-10-14-22-42(38)98-66)75(86-70)91-72-48-52(64(96-32-28-36(7)8)56(80)68-60(48)84-40-20-12-16-24-44(40)100-68)76(88-72)92-71-47-51(74(87-71)90-69)63(95-31-27-35(5)6)55(79)67-59(47)83-39-19-11-15-23-43(39)99-67;/h9-24,33-36,81-84H,25-32H2,1-8H3;/q-2;+2. The van der Waals surface area contributed by atoms with Crippen LogP contribution in [-0.4, -0.2) is 56.3 Å². The van der Waals surface area contributed by atoms with Gasteiger partial charge in [-0.1, -0.05) is 197 Å². The average Bonchev–Trinajstić information content (AvgIpc) is 1.59. The summed E-state index contributed by atoms with van der Waals surface area (Å²) in [4.78, 5) is 52.2. The van der Waals surface area contributed by atoms with Gasteiger partial charge in [-0.25, -0.2) is 9.97 Å². The van der Waals surface area contributed by atoms with Gasteiger partial charge in [0.25, 0.3) is 0 Å². The van der Waals surface area contributed by atoms with Gasteiger partial charge in [0, 0.05) is 74.8 Å². The van der Waals surface area contributed by atoms with Crippen LogP contribution in [0.4, 0.5) is 45.5 Å². The predicted octanol–water partition coefficient (Wildman–Crippen LogP) is 23.3. The Hall–Kier alpha value is -7.40. The van der Waals surface area contributed by atoms with Crippen molar-refractivity contribution in [2.45, 2.75) is 120 Å². The molecule has 0 fully saturated rings. The largest absolute Gasteiger partial charge is 2.00 e. The normalized spacial score (nSPS) is 13.3. The van der Waals surface area contributed by atoms with Gasteiger partial charge in [0.1, 0.15) is 23.0 Å². The number of hydrogen-bond acceptors (Lipinski definition) is 18. The third-order valence-electron chi connectivity index (χ3n) is 18.1. The number of aromatic nitrogens is 8. The van der Waals surface area contributed by atoms with Crippen molar-refractivity contribution in [3.05, 3.63) is 117 Å². The molecule has 8 bridgehead atoms. The Morgan fingerprint density at radius 3 is 0.911 bits per heavy atom. The van der Waals surface area contributed by atoms with E-state index in [-0.39, 0.29) is 63.0 Å². The van der Waals surface area contributed by atoms with Gasteiger partial charge >= 0.3 is 17.1 Å². The van der Waals surface area contributed by atoms with Crippen molar-refractivity contribution in [2.24, 2.45) is 23.7 Å². The molecule has 4 N–H and O–H groups in total. The first-order chi connectivity index (χ1) is 48.5. The van der Waals surface area contributed by atoms with Crippen LogP contribution in [0.25, 0.3) is 89.7 Å². The van der Waals surface area contributed by atoms with Crippen molar-refractivity contribution in [3.63, 3.8) is 0 Å². The van der Waals surface area contributed by atoms with Gasteiger partial charge in [-0.05, 0) is 97.9 Å². The van der Waals surface area contributed by atoms with Gasteiger partial charge in [0.05, 0.1) is 146 Å². The molecule has 6 aliphatic heterocycles. The van der Waals surface area contributed by atoms with Crippen LogP contribution in [0.2, 0.25) is 20.1 Å². The second kappa shape index (κ2) is 27.3. The Morgan fingerprint density at radius 2 is 0.594 bits per heavy atom. The SMILES string of the molecule is CC(C)CCOc1c(Cl)c2c(c3c1-c1nc-3nc3[n-]c(nc4nc(nc5[n-]c(n1)c1c6c(c(Cl)c(OCCC(C)C)c51)Sc1ccccc1N6)-c1c5c(c(Cl)c(OCCC(C)C)c1-4)Sc1ccccc1N5)c1c4c(c(Cl)c(OCCC(C)C)c31)Sc1ccccc1N4)Nc1ccccc1S2.[Cu+2]. The summed E-state index contributed by atoms with van der Waals surface area (Å²) in [5, 5.41) is 18.9. The van der Waals surface area contributed by atoms with E-state index >= 15 is 0 Å². The Balaban J connectivity index is 0.00000792. The van der Waals surface area contributed by atoms with Gasteiger partial charge in [-0.15, -0.1) is 0 Å². The zero-order valence-electron chi connectivity index (χ0n) is 55.9. The van der Waals surface area contributed by atoms with Crippen LogP contribution in [0.5, 0.6) is 23.0 Å². The molecule has 16 nitrogen and oxygen atoms in total. The number of ether oxygens (including phenoxy) is 4. The molecule has 0 saturated heterocycles. The van der Waals surface area contributed by atoms with Crippen molar-refractivity contribution < 1.29 is 36.0 Å². The van der Waals surface area contributed by atoms with Gasteiger partial charge < -0.3 is 70.1 Å². The van der Waals surface area contributed by atoms with Crippen LogP contribution in [0, 0.1) is 23.7 Å². The van der Waals surface area contributed by atoms with Gasteiger partial charge in [-0.3, -0.25) is 0 Å². The molecule has 11 aromatic rings. The molecule has 3 aromatic heterocycles. The second-order valence-corrected chi connectivity index (χ2v) is 32.6. The number of nitrogens with one attached hydrogen (secondary N) is 4. The molecule has 17 rings (SSSR count). The topological polar surface area (TPSA) is 191 Å². The van der Waals surface area contributed by atoms with Crippen molar-refractivity contribution in [1.82, 2.24) is 39.9 Å². The summed E-state index contributed by atoms with van der Waals surface area (Å²) in [7, 11) is 0. The third-order valence-corrected chi connectivity index (χ3v) is 24.7. The quantitative estimate of drug-likeness (QED) is 0.0668. The molecule has 9 heterocycles. The van der Waals surface area contributed by atoms with E-state index < -0.39 is 0 Å². The Labute approximate surface area is 631 Å². The minimum atomic E-state index is 0. The first-order valence-electron chi connectivity index (χ1n) is 33.5. The Morgan fingerprint density at radius 1 is 0.337 bits per heavy atom. The van der Waals surface area contributed by atoms with Gasteiger partial charge in [0.15, 0.2) is 0 Å². The number of nitrogens with zero attached hydrogens (tertiary/aromatic N) is 8. The van der Waals surface area contributed by atoms with Crippen LogP contribution < -0.4 is 50.2 Å². The van der Waals surface area contributed by atoms with Crippen molar-refractivity contribution in [1.29, 1.82) is 0 Å². The number of fused-ring (bicyclic) bond motifs is 32.